The summed E-state index contributed by atoms with van der Waals surface area (Å²) in [5.74, 6) is -1.07. The molecule has 1 unspecified atom stereocenters. The zero-order valence-corrected chi connectivity index (χ0v) is 11.4. The first-order chi connectivity index (χ1) is 8.79. The van der Waals surface area contributed by atoms with Crippen molar-refractivity contribution in [3.05, 3.63) is 28.8 Å². The normalized spacial score (nSPS) is 19.6. The van der Waals surface area contributed by atoms with E-state index < -0.39 is 5.97 Å². The van der Waals surface area contributed by atoms with E-state index in [0.29, 0.717) is 5.02 Å². The molecule has 1 aliphatic carbocycles. The number of nitrogens with one attached hydrogen (secondary N) is 2. The molecule has 19 heavy (non-hydrogen) atoms. The monoisotopic (exact) mass is 282 g/mol. The summed E-state index contributed by atoms with van der Waals surface area (Å²) in [4.78, 5) is 22.6. The lowest BCUT2D eigenvalue weighted by Gasteiger charge is -2.10. The molecule has 1 fully saturated rings. The first-order valence-electron chi connectivity index (χ1n) is 5.90. The minimum absolute atomic E-state index is 0.0754. The molecule has 0 heterocycles. The van der Waals surface area contributed by atoms with Crippen molar-refractivity contribution >= 4 is 29.3 Å². The fourth-order valence-electron chi connectivity index (χ4n) is 1.78. The first-order valence-corrected chi connectivity index (χ1v) is 6.28. The minimum Gasteiger partial charge on any atom is -0.478 e. The van der Waals surface area contributed by atoms with Gasteiger partial charge in [-0.1, -0.05) is 25.4 Å². The van der Waals surface area contributed by atoms with Crippen molar-refractivity contribution in [1.82, 2.24) is 5.32 Å². The average Bonchev–Trinajstić information content (AvgIpc) is 2.88. The van der Waals surface area contributed by atoms with E-state index in [9.17, 15) is 9.59 Å². The molecule has 2 rings (SSSR count). The van der Waals surface area contributed by atoms with E-state index in [0.717, 1.165) is 6.42 Å². The van der Waals surface area contributed by atoms with Crippen molar-refractivity contribution in [3.8, 4) is 0 Å². The Kier molecular flexibility index (Phi) is 3.41. The highest BCUT2D eigenvalue weighted by atomic mass is 35.5. The van der Waals surface area contributed by atoms with Crippen LogP contribution >= 0.6 is 11.6 Å². The van der Waals surface area contributed by atoms with Crippen molar-refractivity contribution in [3.63, 3.8) is 0 Å². The second kappa shape index (κ2) is 4.74. The molecule has 0 saturated heterocycles. The Morgan fingerprint density at radius 1 is 1.42 bits per heavy atom. The van der Waals surface area contributed by atoms with Gasteiger partial charge in [-0.2, -0.15) is 0 Å². The molecule has 5 nitrogen and oxygen atoms in total. The van der Waals surface area contributed by atoms with Gasteiger partial charge in [-0.15, -0.1) is 0 Å². The van der Waals surface area contributed by atoms with Gasteiger partial charge in [0.25, 0.3) is 0 Å². The number of carboxylic acids is 1. The lowest BCUT2D eigenvalue weighted by molar-refractivity contribution is 0.0697. The maximum atomic E-state index is 11.8. The quantitative estimate of drug-likeness (QED) is 0.797. The number of amides is 2. The van der Waals surface area contributed by atoms with Crippen LogP contribution in [0.5, 0.6) is 0 Å². The van der Waals surface area contributed by atoms with E-state index in [1.165, 1.54) is 18.2 Å². The van der Waals surface area contributed by atoms with Gasteiger partial charge in [0, 0.05) is 6.04 Å². The Labute approximate surface area is 116 Å². The van der Waals surface area contributed by atoms with Gasteiger partial charge in [-0.3, -0.25) is 0 Å². The summed E-state index contributed by atoms with van der Waals surface area (Å²) in [6, 6.07) is 3.94. The van der Waals surface area contributed by atoms with Crippen LogP contribution in [-0.2, 0) is 0 Å². The Balaban J connectivity index is 2.04. The predicted molar refractivity (Wildman–Crippen MR) is 72.8 cm³/mol. The number of aromatic carboxylic acids is 1. The van der Waals surface area contributed by atoms with E-state index in [1.54, 1.807) is 0 Å². The summed E-state index contributed by atoms with van der Waals surface area (Å²) in [7, 11) is 0. The van der Waals surface area contributed by atoms with Crippen LogP contribution in [0, 0.1) is 5.41 Å². The van der Waals surface area contributed by atoms with Crippen LogP contribution in [0.3, 0.4) is 0 Å². The standard InChI is InChI=1S/C13H15ClN2O3/c1-13(2)6-10(13)16-12(19)15-9-5-7(11(17)18)3-4-8(9)14/h3-5,10H,6H2,1-2H3,(H,17,18)(H2,15,16,19). The number of rotatable bonds is 3. The van der Waals surface area contributed by atoms with Gasteiger partial charge in [0.2, 0.25) is 0 Å². The van der Waals surface area contributed by atoms with Gasteiger partial charge < -0.3 is 15.7 Å². The smallest absolute Gasteiger partial charge is 0.335 e. The Bertz CT molecular complexity index is 543. The van der Waals surface area contributed by atoms with Gasteiger partial charge in [0.05, 0.1) is 16.3 Å². The van der Waals surface area contributed by atoms with Crippen molar-refractivity contribution in [2.75, 3.05) is 5.32 Å². The van der Waals surface area contributed by atoms with Crippen LogP contribution < -0.4 is 10.6 Å². The summed E-state index contributed by atoms with van der Waals surface area (Å²) < 4.78 is 0. The van der Waals surface area contributed by atoms with E-state index in [2.05, 4.69) is 24.5 Å². The summed E-state index contributed by atoms with van der Waals surface area (Å²) in [6.45, 7) is 4.13. The number of hydrogen-bond donors (Lipinski definition) is 3. The second-order valence-electron chi connectivity index (χ2n) is 5.34. The molecule has 1 aromatic rings. The van der Waals surface area contributed by atoms with Gasteiger partial charge in [0.15, 0.2) is 0 Å². The van der Waals surface area contributed by atoms with Crippen molar-refractivity contribution < 1.29 is 14.7 Å². The minimum atomic E-state index is -1.07. The molecule has 0 radical (unpaired) electrons. The molecule has 2 amide bonds. The number of carbonyl (C=O) groups excluding carboxylic acids is 1. The summed E-state index contributed by atoms with van der Waals surface area (Å²) in [5.41, 5.74) is 0.494. The highest BCUT2D eigenvalue weighted by Gasteiger charge is 2.46. The van der Waals surface area contributed by atoms with E-state index in [4.69, 9.17) is 16.7 Å². The summed E-state index contributed by atoms with van der Waals surface area (Å²) >= 11 is 5.92. The van der Waals surface area contributed by atoms with Crippen molar-refractivity contribution in [2.45, 2.75) is 26.3 Å². The second-order valence-corrected chi connectivity index (χ2v) is 5.75. The van der Waals surface area contributed by atoms with E-state index in [-0.39, 0.29) is 28.7 Å². The fourth-order valence-corrected chi connectivity index (χ4v) is 1.95. The molecule has 0 aliphatic heterocycles. The van der Waals surface area contributed by atoms with Crippen LogP contribution in [0.15, 0.2) is 18.2 Å². The number of hydrogen-bond acceptors (Lipinski definition) is 2. The molecule has 3 N–H and O–H groups in total. The zero-order chi connectivity index (χ0) is 14.2. The molecule has 1 atom stereocenters. The number of halogens is 1. The van der Waals surface area contributed by atoms with Crippen LogP contribution in [0.25, 0.3) is 0 Å². The maximum absolute atomic E-state index is 11.8. The number of carboxylic acid groups (broad SMARTS) is 1. The highest BCUT2D eigenvalue weighted by molar-refractivity contribution is 6.33. The third-order valence-electron chi connectivity index (χ3n) is 3.28. The molecule has 1 saturated carbocycles. The Morgan fingerprint density at radius 3 is 2.58 bits per heavy atom. The third-order valence-corrected chi connectivity index (χ3v) is 3.61. The SMILES string of the molecule is CC1(C)CC1NC(=O)Nc1cc(C(=O)O)ccc1Cl. The van der Waals surface area contributed by atoms with Crippen LogP contribution in [0.2, 0.25) is 5.02 Å². The number of urea groups is 1. The molecule has 0 spiro atoms. The lowest BCUT2D eigenvalue weighted by Crippen LogP contribution is -2.32. The number of anilines is 1. The zero-order valence-electron chi connectivity index (χ0n) is 10.7. The Hall–Kier alpha value is -1.75. The predicted octanol–water partition coefficient (Wildman–Crippen LogP) is 2.96. The van der Waals surface area contributed by atoms with Crippen LogP contribution in [-0.4, -0.2) is 23.1 Å². The average molecular weight is 283 g/mol. The molecule has 1 aliphatic rings. The first kappa shape index (κ1) is 13.7. The maximum Gasteiger partial charge on any atom is 0.335 e. The molecule has 0 bridgehead atoms. The fraction of sp³-hybridized carbons (Fsp3) is 0.385. The lowest BCUT2D eigenvalue weighted by atomic mass is 10.2. The summed E-state index contributed by atoms with van der Waals surface area (Å²) in [5, 5.41) is 14.6. The van der Waals surface area contributed by atoms with Gasteiger partial charge in [0.1, 0.15) is 0 Å². The van der Waals surface area contributed by atoms with Gasteiger partial charge >= 0.3 is 12.0 Å². The number of benzene rings is 1. The van der Waals surface area contributed by atoms with Gasteiger partial charge in [-0.25, -0.2) is 9.59 Å². The van der Waals surface area contributed by atoms with E-state index in [1.807, 2.05) is 0 Å². The van der Waals surface area contributed by atoms with Crippen LogP contribution in [0.4, 0.5) is 10.5 Å². The molecule has 1 aromatic carbocycles. The van der Waals surface area contributed by atoms with Crippen LogP contribution in [0.1, 0.15) is 30.6 Å². The summed E-state index contributed by atoms with van der Waals surface area (Å²) in [6.07, 6.45) is 0.934. The molecule has 102 valence electrons. The van der Waals surface area contributed by atoms with Crippen molar-refractivity contribution in [1.29, 1.82) is 0 Å². The van der Waals surface area contributed by atoms with Crippen molar-refractivity contribution in [2.24, 2.45) is 5.41 Å². The molecular weight excluding hydrogens is 268 g/mol. The Morgan fingerprint density at radius 2 is 2.05 bits per heavy atom. The topological polar surface area (TPSA) is 78.4 Å². The largest absolute Gasteiger partial charge is 0.478 e. The molecule has 0 aromatic heterocycles. The molecule has 6 heteroatoms. The highest BCUT2D eigenvalue weighted by Crippen LogP contribution is 2.44. The van der Waals surface area contributed by atoms with Gasteiger partial charge in [-0.05, 0) is 30.0 Å². The third kappa shape index (κ3) is 3.17. The number of carbonyl (C=O) groups is 2. The van der Waals surface area contributed by atoms with E-state index >= 15 is 0 Å². The molecular formula is C13H15ClN2O3.